The molecule has 5 nitrogen and oxygen atoms in total. The van der Waals surface area contributed by atoms with Gasteiger partial charge in [-0.15, -0.1) is 24.0 Å². The van der Waals surface area contributed by atoms with E-state index < -0.39 is 0 Å². The van der Waals surface area contributed by atoms with Gasteiger partial charge in [-0.2, -0.15) is 5.10 Å². The molecular formula is C22H34IN5. The predicted molar refractivity (Wildman–Crippen MR) is 128 cm³/mol. The highest BCUT2D eigenvalue weighted by atomic mass is 127. The standard InChI is InChI=1S/C22H33N5.HI/c1-5-23-22(24-14-21(17(2)3)18-9-7-6-8-10-18)27-12-11-19(16-27)20-13-25-26(4)15-20;/h6-10,13,15,17,19,21H,5,11-12,14,16H2,1-4H3,(H,23,24);1H. The summed E-state index contributed by atoms with van der Waals surface area (Å²) < 4.78 is 1.89. The number of hydrogen-bond donors (Lipinski definition) is 1. The molecule has 1 N–H and O–H groups in total. The van der Waals surface area contributed by atoms with Crippen LogP contribution >= 0.6 is 24.0 Å². The smallest absolute Gasteiger partial charge is 0.193 e. The van der Waals surface area contributed by atoms with Gasteiger partial charge >= 0.3 is 0 Å². The molecule has 0 radical (unpaired) electrons. The Bertz CT molecular complexity index is 740. The molecule has 1 aromatic carbocycles. The van der Waals surface area contributed by atoms with E-state index >= 15 is 0 Å². The van der Waals surface area contributed by atoms with E-state index in [4.69, 9.17) is 4.99 Å². The van der Waals surface area contributed by atoms with Gasteiger partial charge in [0.15, 0.2) is 5.96 Å². The first-order chi connectivity index (χ1) is 13.1. The van der Waals surface area contributed by atoms with E-state index in [1.807, 2.05) is 17.9 Å². The molecule has 2 atom stereocenters. The van der Waals surface area contributed by atoms with Gasteiger partial charge in [-0.1, -0.05) is 44.2 Å². The normalized spacial score (nSPS) is 18.2. The first-order valence-electron chi connectivity index (χ1n) is 10.1. The van der Waals surface area contributed by atoms with Crippen LogP contribution in [0.1, 0.15) is 50.2 Å². The maximum Gasteiger partial charge on any atom is 0.193 e. The molecule has 3 rings (SSSR count). The lowest BCUT2D eigenvalue weighted by Crippen LogP contribution is -2.40. The Hall–Kier alpha value is -1.57. The second-order valence-corrected chi connectivity index (χ2v) is 7.83. The molecule has 28 heavy (non-hydrogen) atoms. The van der Waals surface area contributed by atoms with Crippen molar-refractivity contribution in [1.82, 2.24) is 20.0 Å². The molecule has 2 heterocycles. The number of halogens is 1. The van der Waals surface area contributed by atoms with Gasteiger partial charge in [-0.05, 0) is 30.4 Å². The fourth-order valence-electron chi connectivity index (χ4n) is 3.89. The Balaban J connectivity index is 0.00000280. The molecule has 1 aromatic heterocycles. The molecule has 1 aliphatic rings. The minimum Gasteiger partial charge on any atom is -0.357 e. The van der Waals surface area contributed by atoms with Crippen molar-refractivity contribution in [2.24, 2.45) is 18.0 Å². The quantitative estimate of drug-likeness (QED) is 0.371. The van der Waals surface area contributed by atoms with Crippen LogP contribution < -0.4 is 5.32 Å². The minimum atomic E-state index is 0. The highest BCUT2D eigenvalue weighted by Crippen LogP contribution is 2.28. The van der Waals surface area contributed by atoms with Crippen molar-refractivity contribution in [2.45, 2.75) is 39.0 Å². The largest absolute Gasteiger partial charge is 0.357 e. The molecule has 0 amide bonds. The number of aliphatic imine (C=N–C) groups is 1. The zero-order chi connectivity index (χ0) is 19.2. The lowest BCUT2D eigenvalue weighted by Gasteiger charge is -2.24. The van der Waals surface area contributed by atoms with Crippen LogP contribution in [0.4, 0.5) is 0 Å². The summed E-state index contributed by atoms with van der Waals surface area (Å²) in [6, 6.07) is 10.8. The van der Waals surface area contributed by atoms with Gasteiger partial charge in [0.05, 0.1) is 6.20 Å². The first kappa shape index (κ1) is 22.7. The third-order valence-electron chi connectivity index (χ3n) is 5.49. The fourth-order valence-corrected chi connectivity index (χ4v) is 3.89. The summed E-state index contributed by atoms with van der Waals surface area (Å²) in [6.07, 6.45) is 5.30. The molecule has 2 aromatic rings. The first-order valence-corrected chi connectivity index (χ1v) is 10.1. The van der Waals surface area contributed by atoms with E-state index in [9.17, 15) is 0 Å². The number of nitrogens with zero attached hydrogens (tertiary/aromatic N) is 4. The maximum absolute atomic E-state index is 5.04. The zero-order valence-corrected chi connectivity index (χ0v) is 19.8. The van der Waals surface area contributed by atoms with E-state index in [0.29, 0.717) is 17.8 Å². The van der Waals surface area contributed by atoms with Crippen molar-refractivity contribution in [3.8, 4) is 0 Å². The summed E-state index contributed by atoms with van der Waals surface area (Å²) in [6.45, 7) is 10.5. The molecule has 0 aliphatic carbocycles. The van der Waals surface area contributed by atoms with Crippen LogP contribution in [0.3, 0.4) is 0 Å². The number of guanidine groups is 1. The number of aryl methyl sites for hydroxylation is 1. The van der Waals surface area contributed by atoms with E-state index in [2.05, 4.69) is 72.6 Å². The van der Waals surface area contributed by atoms with Crippen molar-refractivity contribution in [3.05, 3.63) is 53.9 Å². The van der Waals surface area contributed by atoms with Crippen LogP contribution in [0.15, 0.2) is 47.7 Å². The van der Waals surface area contributed by atoms with E-state index in [-0.39, 0.29) is 24.0 Å². The van der Waals surface area contributed by atoms with Crippen molar-refractivity contribution in [1.29, 1.82) is 0 Å². The number of aromatic nitrogens is 2. The third-order valence-corrected chi connectivity index (χ3v) is 5.49. The molecule has 0 saturated carbocycles. The van der Waals surface area contributed by atoms with Crippen LogP contribution in [0.2, 0.25) is 0 Å². The number of likely N-dealkylation sites (tertiary alicyclic amines) is 1. The number of benzene rings is 1. The highest BCUT2D eigenvalue weighted by molar-refractivity contribution is 14.0. The number of hydrogen-bond acceptors (Lipinski definition) is 2. The summed E-state index contributed by atoms with van der Waals surface area (Å²) >= 11 is 0. The average Bonchev–Trinajstić information content (AvgIpc) is 3.30. The lowest BCUT2D eigenvalue weighted by molar-refractivity contribution is 0.471. The van der Waals surface area contributed by atoms with Gasteiger partial charge in [-0.3, -0.25) is 9.67 Å². The Morgan fingerprint density at radius 1 is 1.29 bits per heavy atom. The zero-order valence-electron chi connectivity index (χ0n) is 17.5. The van der Waals surface area contributed by atoms with E-state index in [0.717, 1.165) is 38.6 Å². The topological polar surface area (TPSA) is 45.5 Å². The van der Waals surface area contributed by atoms with Crippen molar-refractivity contribution in [2.75, 3.05) is 26.2 Å². The SMILES string of the molecule is CCNC(=NCC(c1ccccc1)C(C)C)N1CCC(c2cnn(C)c2)C1.I. The van der Waals surface area contributed by atoms with Gasteiger partial charge in [0.1, 0.15) is 0 Å². The van der Waals surface area contributed by atoms with Crippen molar-refractivity contribution < 1.29 is 0 Å². The Kier molecular flexibility index (Phi) is 8.79. The van der Waals surface area contributed by atoms with Crippen molar-refractivity contribution >= 4 is 29.9 Å². The number of nitrogens with one attached hydrogen (secondary N) is 1. The molecule has 6 heteroatoms. The van der Waals surface area contributed by atoms with Gasteiger partial charge in [0.2, 0.25) is 0 Å². The second kappa shape index (κ2) is 10.8. The van der Waals surface area contributed by atoms with Crippen LogP contribution in [0.5, 0.6) is 0 Å². The molecule has 1 aliphatic heterocycles. The van der Waals surface area contributed by atoms with E-state index in [1.54, 1.807) is 0 Å². The lowest BCUT2D eigenvalue weighted by atomic mass is 9.88. The molecule has 1 fully saturated rings. The van der Waals surface area contributed by atoms with Crippen LogP contribution in [0, 0.1) is 5.92 Å². The van der Waals surface area contributed by atoms with Gasteiger partial charge in [-0.25, -0.2) is 0 Å². The molecule has 0 bridgehead atoms. The van der Waals surface area contributed by atoms with Crippen LogP contribution in [-0.2, 0) is 7.05 Å². The third kappa shape index (κ3) is 5.72. The maximum atomic E-state index is 5.04. The predicted octanol–water partition coefficient (Wildman–Crippen LogP) is 4.23. The monoisotopic (exact) mass is 495 g/mol. The van der Waals surface area contributed by atoms with Crippen LogP contribution in [0.25, 0.3) is 0 Å². The molecular weight excluding hydrogens is 461 g/mol. The Morgan fingerprint density at radius 2 is 2.04 bits per heavy atom. The van der Waals surface area contributed by atoms with Crippen LogP contribution in [-0.4, -0.2) is 46.8 Å². The van der Waals surface area contributed by atoms with Gasteiger partial charge in [0, 0.05) is 51.3 Å². The number of rotatable bonds is 6. The summed E-state index contributed by atoms with van der Waals surface area (Å²) in [5, 5.41) is 7.83. The highest BCUT2D eigenvalue weighted by Gasteiger charge is 2.27. The summed E-state index contributed by atoms with van der Waals surface area (Å²) in [5.74, 6) is 2.58. The van der Waals surface area contributed by atoms with Gasteiger partial charge < -0.3 is 10.2 Å². The average molecular weight is 495 g/mol. The summed E-state index contributed by atoms with van der Waals surface area (Å²) in [5.41, 5.74) is 2.71. The summed E-state index contributed by atoms with van der Waals surface area (Å²) in [7, 11) is 1.98. The second-order valence-electron chi connectivity index (χ2n) is 7.83. The molecule has 154 valence electrons. The Morgan fingerprint density at radius 3 is 2.64 bits per heavy atom. The summed E-state index contributed by atoms with van der Waals surface area (Å²) in [4.78, 5) is 7.44. The van der Waals surface area contributed by atoms with Crippen molar-refractivity contribution in [3.63, 3.8) is 0 Å². The Labute approximate surface area is 186 Å². The molecule has 0 spiro atoms. The fraction of sp³-hybridized carbons (Fsp3) is 0.545. The van der Waals surface area contributed by atoms with E-state index in [1.165, 1.54) is 11.1 Å². The van der Waals surface area contributed by atoms with Gasteiger partial charge in [0.25, 0.3) is 0 Å². The minimum absolute atomic E-state index is 0. The molecule has 2 unspecified atom stereocenters. The molecule has 1 saturated heterocycles.